The zero-order chi connectivity index (χ0) is 14.7. The molecule has 1 saturated heterocycles. The zero-order valence-electron chi connectivity index (χ0n) is 10.8. The number of hydrogen-bond donors (Lipinski definition) is 3. The molecule has 2 heterocycles. The fourth-order valence-corrected chi connectivity index (χ4v) is 2.97. The molecule has 20 heavy (non-hydrogen) atoms. The molecule has 0 aliphatic carbocycles. The number of nitrogens with two attached hydrogens (primary N) is 1. The molecular weight excluding hydrogens is 278 g/mol. The van der Waals surface area contributed by atoms with Gasteiger partial charge in [0.1, 0.15) is 4.88 Å². The van der Waals surface area contributed by atoms with Crippen LogP contribution in [0.15, 0.2) is 6.07 Å². The third kappa shape index (κ3) is 3.03. The van der Waals surface area contributed by atoms with E-state index in [1.54, 1.807) is 6.07 Å². The van der Waals surface area contributed by atoms with Crippen molar-refractivity contribution in [2.45, 2.75) is 18.9 Å². The number of anilines is 1. The van der Waals surface area contributed by atoms with Crippen molar-refractivity contribution in [2.24, 2.45) is 0 Å². The Hall–Kier alpha value is -2.20. The Morgan fingerprint density at radius 3 is 2.95 bits per heavy atom. The number of hydrogen-bond acceptors (Lipinski definition) is 4. The van der Waals surface area contributed by atoms with Crippen LogP contribution in [-0.2, 0) is 0 Å². The number of amides is 2. The van der Waals surface area contributed by atoms with E-state index in [1.165, 1.54) is 4.90 Å². The van der Waals surface area contributed by atoms with Crippen LogP contribution in [0, 0.1) is 12.3 Å². The van der Waals surface area contributed by atoms with Gasteiger partial charge in [-0.2, -0.15) is 0 Å². The minimum atomic E-state index is -0.964. The monoisotopic (exact) mass is 293 g/mol. The Morgan fingerprint density at radius 1 is 1.60 bits per heavy atom. The van der Waals surface area contributed by atoms with E-state index in [2.05, 4.69) is 11.2 Å². The molecule has 0 saturated carbocycles. The van der Waals surface area contributed by atoms with E-state index < -0.39 is 6.09 Å². The molecule has 0 aromatic carbocycles. The van der Waals surface area contributed by atoms with Gasteiger partial charge in [0.25, 0.3) is 5.91 Å². The van der Waals surface area contributed by atoms with Crippen LogP contribution < -0.4 is 11.1 Å². The first-order chi connectivity index (χ1) is 9.51. The van der Waals surface area contributed by atoms with Crippen LogP contribution in [0.5, 0.6) is 0 Å². The smallest absolute Gasteiger partial charge is 0.407 e. The first-order valence-electron chi connectivity index (χ1n) is 6.16. The van der Waals surface area contributed by atoms with Crippen molar-refractivity contribution >= 4 is 29.0 Å². The number of carbonyl (C=O) groups is 2. The number of likely N-dealkylation sites (tertiary alicyclic amines) is 1. The highest BCUT2D eigenvalue weighted by Crippen LogP contribution is 2.24. The topological polar surface area (TPSA) is 95.7 Å². The average Bonchev–Trinajstić information content (AvgIpc) is 2.80. The lowest BCUT2D eigenvalue weighted by atomic mass is 10.1. The Morgan fingerprint density at radius 2 is 2.35 bits per heavy atom. The Labute approximate surface area is 120 Å². The van der Waals surface area contributed by atoms with Gasteiger partial charge in [-0.05, 0) is 18.9 Å². The van der Waals surface area contributed by atoms with Gasteiger partial charge in [0, 0.05) is 19.1 Å². The van der Waals surface area contributed by atoms with Crippen molar-refractivity contribution in [3.63, 3.8) is 0 Å². The van der Waals surface area contributed by atoms with E-state index in [1.807, 2.05) is 0 Å². The molecule has 2 rings (SSSR count). The Bertz CT molecular complexity index is 576. The van der Waals surface area contributed by atoms with Crippen molar-refractivity contribution in [2.75, 3.05) is 18.8 Å². The van der Waals surface area contributed by atoms with Crippen LogP contribution in [0.4, 0.5) is 10.5 Å². The summed E-state index contributed by atoms with van der Waals surface area (Å²) in [6, 6.07) is 1.40. The highest BCUT2D eigenvalue weighted by atomic mass is 32.1. The molecule has 7 heteroatoms. The number of nitrogens with zero attached hydrogens (tertiary/aromatic N) is 1. The zero-order valence-corrected chi connectivity index (χ0v) is 11.6. The van der Waals surface area contributed by atoms with Crippen LogP contribution >= 0.6 is 11.3 Å². The van der Waals surface area contributed by atoms with Crippen LogP contribution in [0.1, 0.15) is 27.4 Å². The molecule has 1 fully saturated rings. The lowest BCUT2D eigenvalue weighted by Gasteiger charge is -2.31. The molecule has 106 valence electrons. The molecule has 4 N–H and O–H groups in total. The maximum atomic E-state index is 12.1. The quantitative estimate of drug-likeness (QED) is 0.714. The fourth-order valence-electron chi connectivity index (χ4n) is 2.17. The number of piperidine rings is 1. The summed E-state index contributed by atoms with van der Waals surface area (Å²) >= 11 is 1.16. The number of thiophene rings is 1. The molecule has 1 aromatic heterocycles. The van der Waals surface area contributed by atoms with Crippen LogP contribution in [0.3, 0.4) is 0 Å². The highest BCUT2D eigenvalue weighted by molar-refractivity contribution is 7.15. The van der Waals surface area contributed by atoms with Gasteiger partial charge >= 0.3 is 6.09 Å². The summed E-state index contributed by atoms with van der Waals surface area (Å²) in [5.74, 6) is 2.14. The predicted molar refractivity (Wildman–Crippen MR) is 76.8 cm³/mol. The number of carbonyl (C=O) groups excluding carboxylic acids is 1. The number of rotatable bonds is 2. The second-order valence-electron chi connectivity index (χ2n) is 4.58. The van der Waals surface area contributed by atoms with Gasteiger partial charge in [-0.1, -0.05) is 5.92 Å². The van der Waals surface area contributed by atoms with Gasteiger partial charge < -0.3 is 21.1 Å². The van der Waals surface area contributed by atoms with Crippen molar-refractivity contribution in [3.05, 3.63) is 15.8 Å². The summed E-state index contributed by atoms with van der Waals surface area (Å²) in [4.78, 5) is 25.3. The van der Waals surface area contributed by atoms with Crippen molar-refractivity contribution < 1.29 is 14.7 Å². The second-order valence-corrected chi connectivity index (χ2v) is 5.63. The lowest BCUT2D eigenvalue weighted by molar-refractivity contribution is 0.0893. The number of nitrogens with one attached hydrogen (secondary N) is 1. The maximum absolute atomic E-state index is 12.1. The van der Waals surface area contributed by atoms with E-state index in [-0.39, 0.29) is 11.9 Å². The van der Waals surface area contributed by atoms with Crippen molar-refractivity contribution in [1.82, 2.24) is 10.2 Å². The van der Waals surface area contributed by atoms with Crippen LogP contribution in [0.25, 0.3) is 0 Å². The molecule has 0 spiro atoms. The average molecular weight is 293 g/mol. The lowest BCUT2D eigenvalue weighted by Crippen LogP contribution is -2.49. The molecule has 1 atom stereocenters. The molecule has 1 aromatic rings. The van der Waals surface area contributed by atoms with E-state index in [4.69, 9.17) is 17.3 Å². The molecule has 0 bridgehead atoms. The number of terminal acetylenes is 1. The Kier molecular flexibility index (Phi) is 4.15. The van der Waals surface area contributed by atoms with Crippen LogP contribution in [0.2, 0.25) is 0 Å². The summed E-state index contributed by atoms with van der Waals surface area (Å²) in [7, 11) is 0. The summed E-state index contributed by atoms with van der Waals surface area (Å²) in [5.41, 5.74) is 6.10. The van der Waals surface area contributed by atoms with Crippen molar-refractivity contribution in [3.8, 4) is 12.3 Å². The first-order valence-corrected chi connectivity index (χ1v) is 6.97. The predicted octanol–water partition coefficient (Wildman–Crippen LogP) is 1.18. The summed E-state index contributed by atoms with van der Waals surface area (Å²) in [6.45, 7) is 0.804. The fraction of sp³-hybridized carbons (Fsp3) is 0.385. The molecule has 1 aliphatic heterocycles. The summed E-state index contributed by atoms with van der Waals surface area (Å²) < 4.78 is 0. The molecule has 0 radical (unpaired) electrons. The molecule has 2 amide bonds. The first kappa shape index (κ1) is 14.2. The standard InChI is InChI=1S/C13H15N3O3S/c1-2-9-6-10(14)11(20-9)12(17)15-8-4-3-5-16(7-8)13(18)19/h1,6,8H,3-5,7,14H2,(H,15,17)(H,18,19)/t8-/m0/s1. The maximum Gasteiger partial charge on any atom is 0.407 e. The van der Waals surface area contributed by atoms with E-state index in [9.17, 15) is 9.59 Å². The molecule has 6 nitrogen and oxygen atoms in total. The molecular formula is C13H15N3O3S. The van der Waals surface area contributed by atoms with Gasteiger partial charge in [-0.15, -0.1) is 17.8 Å². The van der Waals surface area contributed by atoms with Gasteiger partial charge in [0.2, 0.25) is 0 Å². The third-order valence-corrected chi connectivity index (χ3v) is 4.22. The SMILES string of the molecule is C#Cc1cc(N)c(C(=O)N[C@H]2CCCN(C(=O)O)C2)s1. The minimum absolute atomic E-state index is 0.192. The number of carboxylic acid groups (broad SMARTS) is 1. The normalized spacial score (nSPS) is 18.4. The van der Waals surface area contributed by atoms with Gasteiger partial charge in [0.05, 0.1) is 10.6 Å². The largest absolute Gasteiger partial charge is 0.465 e. The van der Waals surface area contributed by atoms with E-state index in [0.29, 0.717) is 28.5 Å². The molecule has 0 unspecified atom stereocenters. The van der Waals surface area contributed by atoms with Crippen LogP contribution in [-0.4, -0.2) is 41.1 Å². The summed E-state index contributed by atoms with van der Waals surface area (Å²) in [5, 5.41) is 11.8. The van der Waals surface area contributed by atoms with Gasteiger partial charge in [-0.3, -0.25) is 4.79 Å². The Balaban J connectivity index is 2.02. The summed E-state index contributed by atoms with van der Waals surface area (Å²) in [6.07, 6.45) is 5.79. The van der Waals surface area contributed by atoms with Gasteiger partial charge in [0.15, 0.2) is 0 Å². The second kappa shape index (κ2) is 5.84. The molecule has 1 aliphatic rings. The van der Waals surface area contributed by atoms with E-state index >= 15 is 0 Å². The number of nitrogen functional groups attached to an aromatic ring is 1. The highest BCUT2D eigenvalue weighted by Gasteiger charge is 2.25. The van der Waals surface area contributed by atoms with E-state index in [0.717, 1.165) is 24.2 Å². The minimum Gasteiger partial charge on any atom is -0.465 e. The van der Waals surface area contributed by atoms with Gasteiger partial charge in [-0.25, -0.2) is 4.79 Å². The third-order valence-electron chi connectivity index (χ3n) is 3.14. The van der Waals surface area contributed by atoms with Crippen molar-refractivity contribution in [1.29, 1.82) is 0 Å².